The first-order valence-corrected chi connectivity index (χ1v) is 7.49. The number of nitro groups is 1. The first kappa shape index (κ1) is 15.2. The monoisotopic (exact) mass is 307 g/mol. The minimum atomic E-state index is -0.442. The molecule has 0 fully saturated rings. The average molecular weight is 307 g/mol. The molecular formula is C14H17N3O3S. The van der Waals surface area contributed by atoms with Crippen molar-refractivity contribution in [3.63, 3.8) is 0 Å². The Morgan fingerprint density at radius 2 is 2.29 bits per heavy atom. The molecule has 112 valence electrons. The number of aryl methyl sites for hydroxylation is 1. The Balaban J connectivity index is 2.20. The second kappa shape index (κ2) is 6.53. The lowest BCUT2D eigenvalue weighted by atomic mass is 10.2. The second-order valence-corrected chi connectivity index (χ2v) is 5.59. The molecule has 0 aliphatic rings. The maximum absolute atomic E-state index is 11.0. The van der Waals surface area contributed by atoms with Crippen molar-refractivity contribution in [3.8, 4) is 5.75 Å². The summed E-state index contributed by atoms with van der Waals surface area (Å²) in [5.74, 6) is 0.272. The number of nitrogens with zero attached hydrogens (tertiary/aromatic N) is 2. The van der Waals surface area contributed by atoms with Gasteiger partial charge in [-0.2, -0.15) is 0 Å². The first-order chi connectivity index (χ1) is 10.0. The summed E-state index contributed by atoms with van der Waals surface area (Å²) in [6, 6.07) is 4.80. The fourth-order valence-electron chi connectivity index (χ4n) is 1.93. The molecule has 1 aromatic carbocycles. The van der Waals surface area contributed by atoms with Gasteiger partial charge in [0.2, 0.25) is 0 Å². The Kier molecular flexibility index (Phi) is 4.74. The van der Waals surface area contributed by atoms with Crippen molar-refractivity contribution in [2.24, 2.45) is 0 Å². The summed E-state index contributed by atoms with van der Waals surface area (Å²) in [6.45, 7) is 6.13. The van der Waals surface area contributed by atoms with Crippen molar-refractivity contribution in [3.05, 3.63) is 44.4 Å². The van der Waals surface area contributed by atoms with E-state index in [4.69, 9.17) is 4.74 Å². The predicted molar refractivity (Wildman–Crippen MR) is 83.2 cm³/mol. The number of rotatable bonds is 6. The largest absolute Gasteiger partial charge is 0.487 e. The van der Waals surface area contributed by atoms with Gasteiger partial charge in [-0.15, -0.1) is 11.3 Å². The molecule has 1 N–H and O–H groups in total. The third kappa shape index (κ3) is 3.69. The molecule has 0 amide bonds. The molecule has 0 spiro atoms. The zero-order valence-electron chi connectivity index (χ0n) is 12.1. The van der Waals surface area contributed by atoms with Crippen LogP contribution in [0.5, 0.6) is 5.75 Å². The SMILES string of the molecule is CCOc1cc(N[C@@H](C)c2csc(C)n2)ccc1[N+](=O)[O-]. The van der Waals surface area contributed by atoms with E-state index in [-0.39, 0.29) is 17.5 Å². The standard InChI is InChI=1S/C14H17N3O3S/c1-4-20-14-7-11(5-6-13(14)17(18)19)15-9(2)12-8-21-10(3)16-12/h5-9,15H,4H2,1-3H3/t9-/m0/s1. The van der Waals surface area contributed by atoms with Gasteiger partial charge in [0, 0.05) is 23.2 Å². The molecule has 1 atom stereocenters. The van der Waals surface area contributed by atoms with Crippen molar-refractivity contribution >= 4 is 22.7 Å². The third-order valence-electron chi connectivity index (χ3n) is 2.92. The van der Waals surface area contributed by atoms with Gasteiger partial charge in [-0.1, -0.05) is 0 Å². The van der Waals surface area contributed by atoms with Crippen LogP contribution in [0, 0.1) is 17.0 Å². The number of nitro benzene ring substituents is 1. The minimum Gasteiger partial charge on any atom is -0.487 e. The van der Waals surface area contributed by atoms with Crippen LogP contribution < -0.4 is 10.1 Å². The van der Waals surface area contributed by atoms with E-state index in [1.807, 2.05) is 19.2 Å². The van der Waals surface area contributed by atoms with Gasteiger partial charge in [0.25, 0.3) is 0 Å². The van der Waals surface area contributed by atoms with Crippen LogP contribution in [-0.4, -0.2) is 16.5 Å². The number of hydrogen-bond donors (Lipinski definition) is 1. The highest BCUT2D eigenvalue weighted by Crippen LogP contribution is 2.31. The first-order valence-electron chi connectivity index (χ1n) is 6.61. The van der Waals surface area contributed by atoms with Gasteiger partial charge in [-0.25, -0.2) is 4.98 Å². The molecule has 7 heteroatoms. The lowest BCUT2D eigenvalue weighted by Crippen LogP contribution is -2.07. The maximum Gasteiger partial charge on any atom is 0.311 e. The molecule has 6 nitrogen and oxygen atoms in total. The third-order valence-corrected chi connectivity index (χ3v) is 3.71. The van der Waals surface area contributed by atoms with Gasteiger partial charge in [0.05, 0.1) is 28.3 Å². The highest BCUT2D eigenvalue weighted by atomic mass is 32.1. The Hall–Kier alpha value is -2.15. The molecule has 2 aromatic rings. The van der Waals surface area contributed by atoms with Crippen LogP contribution in [0.4, 0.5) is 11.4 Å². The van der Waals surface area contributed by atoms with Gasteiger partial charge in [0.1, 0.15) is 0 Å². The van der Waals surface area contributed by atoms with E-state index in [1.165, 1.54) is 6.07 Å². The Morgan fingerprint density at radius 3 is 2.86 bits per heavy atom. The van der Waals surface area contributed by atoms with Gasteiger partial charge in [-0.3, -0.25) is 10.1 Å². The summed E-state index contributed by atoms with van der Waals surface area (Å²) in [7, 11) is 0. The van der Waals surface area contributed by atoms with E-state index in [0.717, 1.165) is 16.4 Å². The second-order valence-electron chi connectivity index (χ2n) is 4.53. The number of benzene rings is 1. The zero-order chi connectivity index (χ0) is 15.4. The highest BCUT2D eigenvalue weighted by molar-refractivity contribution is 7.09. The number of anilines is 1. The van der Waals surface area contributed by atoms with Gasteiger partial charge in [0.15, 0.2) is 5.75 Å². The quantitative estimate of drug-likeness (QED) is 0.646. The number of hydrogen-bond acceptors (Lipinski definition) is 6. The normalized spacial score (nSPS) is 12.0. The molecule has 1 aromatic heterocycles. The fraction of sp³-hybridized carbons (Fsp3) is 0.357. The van der Waals surface area contributed by atoms with Crippen LogP contribution in [0.3, 0.4) is 0 Å². The summed E-state index contributed by atoms with van der Waals surface area (Å²) in [5, 5.41) is 17.2. The van der Waals surface area contributed by atoms with Gasteiger partial charge in [-0.05, 0) is 26.8 Å². The van der Waals surface area contributed by atoms with E-state index in [1.54, 1.807) is 30.4 Å². The molecule has 2 rings (SSSR count). The van der Waals surface area contributed by atoms with E-state index in [2.05, 4.69) is 10.3 Å². The van der Waals surface area contributed by atoms with Crippen LogP contribution in [0.2, 0.25) is 0 Å². The van der Waals surface area contributed by atoms with Crippen LogP contribution in [0.15, 0.2) is 23.6 Å². The van der Waals surface area contributed by atoms with E-state index in [9.17, 15) is 10.1 Å². The molecule has 0 unspecified atom stereocenters. The molecule has 0 bridgehead atoms. The molecule has 0 aliphatic carbocycles. The van der Waals surface area contributed by atoms with Crippen LogP contribution in [0.25, 0.3) is 0 Å². The number of ether oxygens (including phenoxy) is 1. The van der Waals surface area contributed by atoms with Crippen molar-refractivity contribution < 1.29 is 9.66 Å². The van der Waals surface area contributed by atoms with E-state index in [0.29, 0.717) is 6.61 Å². The van der Waals surface area contributed by atoms with Gasteiger partial charge >= 0.3 is 5.69 Å². The summed E-state index contributed by atoms with van der Waals surface area (Å²) in [5.41, 5.74) is 1.69. The zero-order valence-corrected chi connectivity index (χ0v) is 12.9. The highest BCUT2D eigenvalue weighted by Gasteiger charge is 2.16. The van der Waals surface area contributed by atoms with Crippen molar-refractivity contribution in [2.75, 3.05) is 11.9 Å². The molecule has 0 radical (unpaired) electrons. The van der Waals surface area contributed by atoms with Crippen molar-refractivity contribution in [2.45, 2.75) is 26.8 Å². The van der Waals surface area contributed by atoms with Crippen LogP contribution in [0.1, 0.15) is 30.6 Å². The molecule has 0 saturated carbocycles. The molecule has 0 saturated heterocycles. The number of aromatic nitrogens is 1. The Bertz CT molecular complexity index is 642. The average Bonchev–Trinajstić information content (AvgIpc) is 2.86. The molecule has 1 heterocycles. The maximum atomic E-state index is 11.0. The molecule has 0 aliphatic heterocycles. The smallest absolute Gasteiger partial charge is 0.311 e. The lowest BCUT2D eigenvalue weighted by Gasteiger charge is -2.14. The van der Waals surface area contributed by atoms with Crippen molar-refractivity contribution in [1.29, 1.82) is 0 Å². The fourth-order valence-corrected chi connectivity index (χ4v) is 2.64. The Morgan fingerprint density at radius 1 is 1.52 bits per heavy atom. The van der Waals surface area contributed by atoms with Crippen molar-refractivity contribution in [1.82, 2.24) is 4.98 Å². The number of thiazole rings is 1. The number of nitrogens with one attached hydrogen (secondary N) is 1. The predicted octanol–water partition coefficient (Wildman–Crippen LogP) is 3.93. The summed E-state index contributed by atoms with van der Waals surface area (Å²) in [4.78, 5) is 14.9. The minimum absolute atomic E-state index is 0.0193. The van der Waals surface area contributed by atoms with Crippen LogP contribution >= 0.6 is 11.3 Å². The van der Waals surface area contributed by atoms with E-state index < -0.39 is 4.92 Å². The topological polar surface area (TPSA) is 77.3 Å². The van der Waals surface area contributed by atoms with E-state index >= 15 is 0 Å². The summed E-state index contributed by atoms with van der Waals surface area (Å²) < 4.78 is 5.34. The Labute approximate surface area is 126 Å². The molecular weight excluding hydrogens is 290 g/mol. The van der Waals surface area contributed by atoms with Gasteiger partial charge < -0.3 is 10.1 Å². The summed E-state index contributed by atoms with van der Waals surface area (Å²) >= 11 is 1.60. The summed E-state index contributed by atoms with van der Waals surface area (Å²) in [6.07, 6.45) is 0. The lowest BCUT2D eigenvalue weighted by molar-refractivity contribution is -0.385. The van der Waals surface area contributed by atoms with Crippen LogP contribution in [-0.2, 0) is 0 Å². The molecule has 21 heavy (non-hydrogen) atoms.